The van der Waals surface area contributed by atoms with E-state index in [4.69, 9.17) is 14.6 Å². The van der Waals surface area contributed by atoms with Crippen LogP contribution in [0, 0.1) is 0 Å². The van der Waals surface area contributed by atoms with Gasteiger partial charge in [-0.15, -0.1) is 0 Å². The second-order valence-electron chi connectivity index (χ2n) is 4.45. The summed E-state index contributed by atoms with van der Waals surface area (Å²) in [5.41, 5.74) is 0. The van der Waals surface area contributed by atoms with Crippen LogP contribution in [0.1, 0.15) is 20.8 Å². The molecule has 0 amide bonds. The molecule has 5 nitrogen and oxygen atoms in total. The van der Waals surface area contributed by atoms with Gasteiger partial charge in [-0.1, -0.05) is 0 Å². The Bertz CT molecular complexity index is 232. The van der Waals surface area contributed by atoms with Crippen LogP contribution in [-0.2, 0) is 14.3 Å². The molecule has 1 heterocycles. The highest BCUT2D eigenvalue weighted by molar-refractivity contribution is 5.71. The molecule has 1 aliphatic heterocycles. The predicted octanol–water partition coefficient (Wildman–Crippen LogP) is 0.0196. The molecule has 5 heteroatoms. The van der Waals surface area contributed by atoms with E-state index in [1.807, 2.05) is 25.7 Å². The number of rotatable bonds is 4. The third-order valence-corrected chi connectivity index (χ3v) is 2.54. The fourth-order valence-corrected chi connectivity index (χ4v) is 1.67. The zero-order chi connectivity index (χ0) is 12.1. The monoisotopic (exact) mass is 231 g/mol. The van der Waals surface area contributed by atoms with Gasteiger partial charge in [0.25, 0.3) is 0 Å². The van der Waals surface area contributed by atoms with Gasteiger partial charge in [-0.3, -0.25) is 9.69 Å². The lowest BCUT2D eigenvalue weighted by molar-refractivity contribution is -0.153. The quantitative estimate of drug-likeness (QED) is 0.691. The van der Waals surface area contributed by atoms with E-state index in [1.165, 1.54) is 0 Å². The van der Waals surface area contributed by atoms with Crippen LogP contribution in [0.25, 0.3) is 0 Å². The first-order valence-corrected chi connectivity index (χ1v) is 5.69. The fourth-order valence-electron chi connectivity index (χ4n) is 1.67. The largest absolute Gasteiger partial charge is 0.462 e. The first-order chi connectivity index (χ1) is 7.52. The van der Waals surface area contributed by atoms with Crippen molar-refractivity contribution >= 4 is 5.97 Å². The van der Waals surface area contributed by atoms with Crippen LogP contribution in [0.3, 0.4) is 0 Å². The van der Waals surface area contributed by atoms with E-state index in [-0.39, 0.29) is 37.4 Å². The van der Waals surface area contributed by atoms with Crippen LogP contribution < -0.4 is 0 Å². The van der Waals surface area contributed by atoms with Gasteiger partial charge in [-0.2, -0.15) is 0 Å². The van der Waals surface area contributed by atoms with Gasteiger partial charge >= 0.3 is 5.97 Å². The highest BCUT2D eigenvalue weighted by Gasteiger charge is 2.27. The molecule has 0 aromatic rings. The minimum Gasteiger partial charge on any atom is -0.462 e. The van der Waals surface area contributed by atoms with Gasteiger partial charge in [0.2, 0.25) is 0 Å². The summed E-state index contributed by atoms with van der Waals surface area (Å²) in [4.78, 5) is 13.5. The van der Waals surface area contributed by atoms with Crippen molar-refractivity contribution < 1.29 is 19.4 Å². The standard InChI is InChI=1S/C11H21NO4/c1-8(2)16-11(14)5-12-4-10(6-13)15-7-9(12)3/h8-10,13H,4-7H2,1-3H3. The molecule has 0 spiro atoms. The molecular weight excluding hydrogens is 210 g/mol. The fraction of sp³-hybridized carbons (Fsp3) is 0.909. The molecule has 1 rings (SSSR count). The number of aliphatic hydroxyl groups is 1. The first kappa shape index (κ1) is 13.4. The van der Waals surface area contributed by atoms with E-state index in [9.17, 15) is 4.79 Å². The lowest BCUT2D eigenvalue weighted by atomic mass is 10.2. The van der Waals surface area contributed by atoms with Crippen LogP contribution in [0.5, 0.6) is 0 Å². The van der Waals surface area contributed by atoms with Gasteiger partial charge in [-0.25, -0.2) is 0 Å². The van der Waals surface area contributed by atoms with Gasteiger partial charge < -0.3 is 14.6 Å². The van der Waals surface area contributed by atoms with E-state index in [0.29, 0.717) is 13.2 Å². The molecule has 0 aromatic heterocycles. The molecule has 0 radical (unpaired) electrons. The lowest BCUT2D eigenvalue weighted by Gasteiger charge is -2.36. The second-order valence-corrected chi connectivity index (χ2v) is 4.45. The molecule has 16 heavy (non-hydrogen) atoms. The topological polar surface area (TPSA) is 59.0 Å². The summed E-state index contributed by atoms with van der Waals surface area (Å²) in [7, 11) is 0. The van der Waals surface area contributed by atoms with E-state index >= 15 is 0 Å². The maximum atomic E-state index is 11.5. The molecule has 1 saturated heterocycles. The van der Waals surface area contributed by atoms with E-state index in [2.05, 4.69) is 0 Å². The van der Waals surface area contributed by atoms with Crippen molar-refractivity contribution in [2.24, 2.45) is 0 Å². The Morgan fingerprint density at radius 1 is 1.62 bits per heavy atom. The summed E-state index contributed by atoms with van der Waals surface area (Å²) in [6, 6.07) is 0.183. The molecule has 2 atom stereocenters. The SMILES string of the molecule is CC(C)OC(=O)CN1CC(CO)OCC1C. The molecular formula is C11H21NO4. The zero-order valence-electron chi connectivity index (χ0n) is 10.2. The minimum atomic E-state index is -0.222. The van der Waals surface area contributed by atoms with Crippen LogP contribution in [0.15, 0.2) is 0 Å². The van der Waals surface area contributed by atoms with E-state index in [1.54, 1.807) is 0 Å². The number of aliphatic hydroxyl groups excluding tert-OH is 1. The van der Waals surface area contributed by atoms with Gasteiger partial charge in [0, 0.05) is 12.6 Å². The van der Waals surface area contributed by atoms with Gasteiger partial charge in [0.15, 0.2) is 0 Å². The van der Waals surface area contributed by atoms with Crippen molar-refractivity contribution in [3.05, 3.63) is 0 Å². The van der Waals surface area contributed by atoms with Crippen LogP contribution in [0.2, 0.25) is 0 Å². The van der Waals surface area contributed by atoms with E-state index in [0.717, 1.165) is 0 Å². The summed E-state index contributed by atoms with van der Waals surface area (Å²) < 4.78 is 10.5. The number of carbonyl (C=O) groups is 1. The van der Waals surface area contributed by atoms with Crippen molar-refractivity contribution in [1.29, 1.82) is 0 Å². The van der Waals surface area contributed by atoms with Crippen molar-refractivity contribution in [3.8, 4) is 0 Å². The summed E-state index contributed by atoms with van der Waals surface area (Å²) in [5, 5.41) is 9.01. The Morgan fingerprint density at radius 3 is 2.88 bits per heavy atom. The highest BCUT2D eigenvalue weighted by Crippen LogP contribution is 2.11. The Labute approximate surface area is 96.3 Å². The van der Waals surface area contributed by atoms with Crippen LogP contribution >= 0.6 is 0 Å². The Morgan fingerprint density at radius 2 is 2.31 bits per heavy atom. The van der Waals surface area contributed by atoms with Crippen molar-refractivity contribution in [1.82, 2.24) is 4.90 Å². The Hall–Kier alpha value is -0.650. The molecule has 0 saturated carbocycles. The third-order valence-electron chi connectivity index (χ3n) is 2.54. The molecule has 0 aromatic carbocycles. The predicted molar refractivity (Wildman–Crippen MR) is 59.1 cm³/mol. The summed E-state index contributed by atoms with van der Waals surface area (Å²) >= 11 is 0. The first-order valence-electron chi connectivity index (χ1n) is 5.69. The van der Waals surface area contributed by atoms with Gasteiger partial charge in [0.1, 0.15) is 0 Å². The van der Waals surface area contributed by atoms with Crippen molar-refractivity contribution in [3.63, 3.8) is 0 Å². The number of nitrogens with zero attached hydrogens (tertiary/aromatic N) is 1. The maximum absolute atomic E-state index is 11.5. The summed E-state index contributed by atoms with van der Waals surface area (Å²) in [5.74, 6) is -0.222. The summed E-state index contributed by atoms with van der Waals surface area (Å²) in [6.07, 6.45) is -0.277. The molecule has 2 unspecified atom stereocenters. The molecule has 1 fully saturated rings. The Kier molecular flexibility index (Phi) is 5.18. The van der Waals surface area contributed by atoms with E-state index < -0.39 is 0 Å². The lowest BCUT2D eigenvalue weighted by Crippen LogP contribution is -2.51. The smallest absolute Gasteiger partial charge is 0.320 e. The minimum absolute atomic E-state index is 0.0115. The molecule has 1 N–H and O–H groups in total. The Balaban J connectivity index is 2.41. The number of esters is 1. The number of carbonyl (C=O) groups excluding carboxylic acids is 1. The highest BCUT2D eigenvalue weighted by atomic mass is 16.5. The van der Waals surface area contributed by atoms with Crippen molar-refractivity contribution in [2.45, 2.75) is 39.0 Å². The molecule has 0 bridgehead atoms. The number of hydrogen-bond acceptors (Lipinski definition) is 5. The molecule has 0 aliphatic carbocycles. The average molecular weight is 231 g/mol. The number of ether oxygens (including phenoxy) is 2. The number of morpholine rings is 1. The number of hydrogen-bond donors (Lipinski definition) is 1. The second kappa shape index (κ2) is 6.18. The zero-order valence-corrected chi connectivity index (χ0v) is 10.2. The van der Waals surface area contributed by atoms with Crippen molar-refractivity contribution in [2.75, 3.05) is 26.3 Å². The average Bonchev–Trinajstić information content (AvgIpc) is 2.20. The third kappa shape index (κ3) is 4.08. The van der Waals surface area contributed by atoms with Gasteiger partial charge in [0.05, 0.1) is 32.0 Å². The van der Waals surface area contributed by atoms with Crippen LogP contribution in [-0.4, -0.2) is 60.5 Å². The normalized spacial score (nSPS) is 27.1. The molecule has 1 aliphatic rings. The summed E-state index contributed by atoms with van der Waals surface area (Å²) in [6.45, 7) is 7.03. The molecule has 94 valence electrons. The van der Waals surface area contributed by atoms with Gasteiger partial charge in [-0.05, 0) is 20.8 Å². The maximum Gasteiger partial charge on any atom is 0.320 e. The van der Waals surface area contributed by atoms with Crippen LogP contribution in [0.4, 0.5) is 0 Å².